The molecule has 1 aliphatic rings. The van der Waals surface area contributed by atoms with E-state index in [1.807, 2.05) is 36.4 Å². The molecule has 0 saturated carbocycles. The number of aliphatic hydroxyl groups is 1. The van der Waals surface area contributed by atoms with Crippen molar-refractivity contribution < 1.29 is 9.90 Å². The van der Waals surface area contributed by atoms with Crippen LogP contribution in [0.5, 0.6) is 0 Å². The van der Waals surface area contributed by atoms with Crippen molar-refractivity contribution in [1.29, 1.82) is 5.26 Å². The summed E-state index contributed by atoms with van der Waals surface area (Å²) in [5.41, 5.74) is 2.72. The van der Waals surface area contributed by atoms with E-state index in [0.717, 1.165) is 17.5 Å². The van der Waals surface area contributed by atoms with Crippen LogP contribution in [0.1, 0.15) is 22.3 Å². The van der Waals surface area contributed by atoms with Crippen LogP contribution >= 0.6 is 0 Å². The molecule has 1 atom stereocenters. The van der Waals surface area contributed by atoms with Gasteiger partial charge in [0, 0.05) is 36.7 Å². The van der Waals surface area contributed by atoms with Crippen molar-refractivity contribution in [1.82, 2.24) is 4.90 Å². The van der Waals surface area contributed by atoms with Gasteiger partial charge in [0.15, 0.2) is 0 Å². The summed E-state index contributed by atoms with van der Waals surface area (Å²) in [5.74, 6) is 0.127. The number of hydrogen-bond acceptors (Lipinski definition) is 3. The van der Waals surface area contributed by atoms with Crippen molar-refractivity contribution in [2.75, 3.05) is 19.7 Å². The molecule has 116 valence electrons. The maximum Gasteiger partial charge on any atom is 0.254 e. The Morgan fingerprint density at radius 2 is 1.87 bits per heavy atom. The van der Waals surface area contributed by atoms with Crippen molar-refractivity contribution in [3.8, 4) is 17.2 Å². The standard InChI is InChI=1S/C19H18N2O2/c20-11-15-5-1-2-6-16(15)17-7-3-4-8-18(17)19(23)21-10-9-14(12-21)13-22/h1-8,14,22H,9-10,12-13H2. The van der Waals surface area contributed by atoms with Crippen LogP contribution in [0, 0.1) is 17.2 Å². The molecule has 0 radical (unpaired) electrons. The third-order valence-electron chi connectivity index (χ3n) is 4.33. The Morgan fingerprint density at radius 3 is 2.57 bits per heavy atom. The van der Waals surface area contributed by atoms with Gasteiger partial charge in [0.05, 0.1) is 11.6 Å². The lowest BCUT2D eigenvalue weighted by Gasteiger charge is -2.19. The fraction of sp³-hybridized carbons (Fsp3) is 0.263. The third kappa shape index (κ3) is 2.96. The minimum absolute atomic E-state index is 0.0377. The summed E-state index contributed by atoms with van der Waals surface area (Å²) >= 11 is 0. The van der Waals surface area contributed by atoms with E-state index >= 15 is 0 Å². The van der Waals surface area contributed by atoms with Crippen LogP contribution in [-0.2, 0) is 0 Å². The summed E-state index contributed by atoms with van der Waals surface area (Å²) in [6, 6.07) is 16.9. The molecule has 0 spiro atoms. The molecular formula is C19H18N2O2. The minimum Gasteiger partial charge on any atom is -0.396 e. The van der Waals surface area contributed by atoms with Crippen molar-refractivity contribution in [3.63, 3.8) is 0 Å². The van der Waals surface area contributed by atoms with Gasteiger partial charge in [-0.2, -0.15) is 5.26 Å². The lowest BCUT2D eigenvalue weighted by Crippen LogP contribution is -2.29. The van der Waals surface area contributed by atoms with E-state index < -0.39 is 0 Å². The number of nitrogens with zero attached hydrogens (tertiary/aromatic N) is 2. The van der Waals surface area contributed by atoms with Crippen molar-refractivity contribution in [2.45, 2.75) is 6.42 Å². The summed E-state index contributed by atoms with van der Waals surface area (Å²) < 4.78 is 0. The molecule has 1 unspecified atom stereocenters. The monoisotopic (exact) mass is 306 g/mol. The number of hydrogen-bond donors (Lipinski definition) is 1. The summed E-state index contributed by atoms with van der Waals surface area (Å²) in [5, 5.41) is 18.6. The molecule has 4 heteroatoms. The Kier molecular flexibility index (Phi) is 4.40. The van der Waals surface area contributed by atoms with Crippen LogP contribution in [0.3, 0.4) is 0 Å². The molecule has 1 fully saturated rings. The molecule has 3 rings (SSSR count). The van der Waals surface area contributed by atoms with Gasteiger partial charge in [0.2, 0.25) is 0 Å². The van der Waals surface area contributed by atoms with Gasteiger partial charge < -0.3 is 10.0 Å². The molecule has 1 N–H and O–H groups in total. The number of carbonyl (C=O) groups excluding carboxylic acids is 1. The Labute approximate surface area is 135 Å². The van der Waals surface area contributed by atoms with Crippen LogP contribution in [0.2, 0.25) is 0 Å². The molecule has 1 saturated heterocycles. The van der Waals surface area contributed by atoms with Gasteiger partial charge in [-0.3, -0.25) is 4.79 Å². The van der Waals surface area contributed by atoms with Gasteiger partial charge in [0.1, 0.15) is 0 Å². The largest absolute Gasteiger partial charge is 0.396 e. The van der Waals surface area contributed by atoms with Crippen LogP contribution in [-0.4, -0.2) is 35.6 Å². The van der Waals surface area contributed by atoms with Crippen LogP contribution in [0.4, 0.5) is 0 Å². The molecular weight excluding hydrogens is 288 g/mol. The highest BCUT2D eigenvalue weighted by Crippen LogP contribution is 2.29. The second-order valence-corrected chi connectivity index (χ2v) is 5.79. The number of nitriles is 1. The van der Waals surface area contributed by atoms with E-state index in [1.54, 1.807) is 17.0 Å². The fourth-order valence-electron chi connectivity index (χ4n) is 3.06. The lowest BCUT2D eigenvalue weighted by molar-refractivity contribution is 0.0782. The first kappa shape index (κ1) is 15.3. The zero-order chi connectivity index (χ0) is 16.2. The van der Waals surface area contributed by atoms with Crippen LogP contribution in [0.25, 0.3) is 11.1 Å². The molecule has 1 heterocycles. The van der Waals surface area contributed by atoms with E-state index in [-0.39, 0.29) is 18.4 Å². The zero-order valence-electron chi connectivity index (χ0n) is 12.8. The van der Waals surface area contributed by atoms with Crippen LogP contribution in [0.15, 0.2) is 48.5 Å². The molecule has 23 heavy (non-hydrogen) atoms. The van der Waals surface area contributed by atoms with Gasteiger partial charge in [0.25, 0.3) is 5.91 Å². The third-order valence-corrected chi connectivity index (χ3v) is 4.33. The van der Waals surface area contributed by atoms with E-state index in [0.29, 0.717) is 24.2 Å². The van der Waals surface area contributed by atoms with Gasteiger partial charge in [-0.1, -0.05) is 36.4 Å². The van der Waals surface area contributed by atoms with Crippen molar-refractivity contribution in [2.24, 2.45) is 5.92 Å². The molecule has 0 aromatic heterocycles. The fourth-order valence-corrected chi connectivity index (χ4v) is 3.06. The average Bonchev–Trinajstić information content (AvgIpc) is 3.10. The summed E-state index contributed by atoms with van der Waals surface area (Å²) in [6.07, 6.45) is 0.833. The number of likely N-dealkylation sites (tertiary alicyclic amines) is 1. The molecule has 0 aliphatic carbocycles. The molecule has 1 amide bonds. The number of benzene rings is 2. The number of amides is 1. The number of aliphatic hydroxyl groups excluding tert-OH is 1. The van der Waals surface area contributed by atoms with Gasteiger partial charge in [-0.25, -0.2) is 0 Å². The molecule has 2 aromatic rings. The maximum absolute atomic E-state index is 12.9. The molecule has 0 bridgehead atoms. The Hall–Kier alpha value is -2.64. The molecule has 1 aliphatic heterocycles. The van der Waals surface area contributed by atoms with Crippen molar-refractivity contribution in [3.05, 3.63) is 59.7 Å². The first-order chi connectivity index (χ1) is 11.2. The predicted molar refractivity (Wildman–Crippen MR) is 87.7 cm³/mol. The maximum atomic E-state index is 12.9. The SMILES string of the molecule is N#Cc1ccccc1-c1ccccc1C(=O)N1CCC(CO)C1. The summed E-state index contributed by atoms with van der Waals surface area (Å²) in [4.78, 5) is 14.7. The van der Waals surface area contributed by atoms with E-state index in [4.69, 9.17) is 0 Å². The van der Waals surface area contributed by atoms with E-state index in [9.17, 15) is 15.2 Å². The Morgan fingerprint density at radius 1 is 1.17 bits per heavy atom. The average molecular weight is 306 g/mol. The van der Waals surface area contributed by atoms with Crippen molar-refractivity contribution >= 4 is 5.91 Å². The quantitative estimate of drug-likeness (QED) is 0.948. The number of carbonyl (C=O) groups is 1. The summed E-state index contributed by atoms with van der Waals surface area (Å²) in [7, 11) is 0. The molecule has 2 aromatic carbocycles. The van der Waals surface area contributed by atoms with Gasteiger partial charge >= 0.3 is 0 Å². The second kappa shape index (κ2) is 6.64. The van der Waals surface area contributed by atoms with Gasteiger partial charge in [-0.15, -0.1) is 0 Å². The highest BCUT2D eigenvalue weighted by Gasteiger charge is 2.27. The first-order valence-corrected chi connectivity index (χ1v) is 7.73. The lowest BCUT2D eigenvalue weighted by atomic mass is 9.95. The zero-order valence-corrected chi connectivity index (χ0v) is 12.8. The smallest absolute Gasteiger partial charge is 0.254 e. The normalized spacial score (nSPS) is 17.0. The van der Waals surface area contributed by atoms with E-state index in [1.165, 1.54) is 0 Å². The van der Waals surface area contributed by atoms with E-state index in [2.05, 4.69) is 6.07 Å². The Bertz CT molecular complexity index is 764. The highest BCUT2D eigenvalue weighted by molar-refractivity contribution is 6.01. The van der Waals surface area contributed by atoms with Crippen LogP contribution < -0.4 is 0 Å². The highest BCUT2D eigenvalue weighted by atomic mass is 16.3. The Balaban J connectivity index is 1.99. The minimum atomic E-state index is -0.0377. The molecule has 4 nitrogen and oxygen atoms in total. The first-order valence-electron chi connectivity index (χ1n) is 7.73. The predicted octanol–water partition coefficient (Wildman–Crippen LogP) is 2.68. The topological polar surface area (TPSA) is 64.3 Å². The number of rotatable bonds is 3. The van der Waals surface area contributed by atoms with Gasteiger partial charge in [-0.05, 0) is 24.1 Å². The second-order valence-electron chi connectivity index (χ2n) is 5.79. The summed E-state index contributed by atoms with van der Waals surface area (Å²) in [6.45, 7) is 1.37.